The molecule has 2 nitrogen and oxygen atoms in total. The van der Waals surface area contributed by atoms with Crippen LogP contribution in [-0.2, 0) is 4.43 Å². The van der Waals surface area contributed by atoms with Crippen LogP contribution in [0.5, 0.6) is 0 Å². The number of hydrogen-bond acceptors (Lipinski definition) is 2. The lowest BCUT2D eigenvalue weighted by Crippen LogP contribution is -2.46. The summed E-state index contributed by atoms with van der Waals surface area (Å²) in [6.07, 6.45) is 6.80. The van der Waals surface area contributed by atoms with Crippen LogP contribution in [0.1, 0.15) is 60.3 Å². The summed E-state index contributed by atoms with van der Waals surface area (Å²) in [5.74, 6) is 1.16. The van der Waals surface area contributed by atoms with E-state index in [1.807, 2.05) is 0 Å². The molecule has 2 atom stereocenters. The van der Waals surface area contributed by atoms with E-state index in [2.05, 4.69) is 66.9 Å². The highest BCUT2D eigenvalue weighted by Crippen LogP contribution is 2.47. The Hall–Kier alpha value is 0.384. The normalized spacial score (nSPS) is 25.5. The fourth-order valence-corrected chi connectivity index (χ4v) is 5.74. The van der Waals surface area contributed by atoms with E-state index in [0.29, 0.717) is 17.9 Å². The second-order valence-corrected chi connectivity index (χ2v) is 20.2. The molecule has 1 aliphatic carbocycles. The van der Waals surface area contributed by atoms with Gasteiger partial charge in [-0.2, -0.15) is 0 Å². The van der Waals surface area contributed by atoms with Gasteiger partial charge >= 0.3 is 0 Å². The van der Waals surface area contributed by atoms with Gasteiger partial charge in [-0.25, -0.2) is 0 Å². The Morgan fingerprint density at radius 2 is 1.68 bits per heavy atom. The van der Waals surface area contributed by atoms with Gasteiger partial charge in [0.1, 0.15) is 0 Å². The molecule has 5 heteroatoms. The summed E-state index contributed by atoms with van der Waals surface area (Å²) in [5.41, 5.74) is 1.45. The standard InChI is InChI=1S/C20H41ClO2Si2/c1-19(2,3)25(8,9)23-18-13-16(10-11-21)12-17(14-18)15-20(4,5)24(6,7)22/h10,17-18,22H,11-15H2,1-9H3/b16-10+/t17-,18-/m1/s1. The molecule has 0 heterocycles. The number of alkyl halides is 1. The van der Waals surface area contributed by atoms with Crippen molar-refractivity contribution < 1.29 is 9.22 Å². The maximum Gasteiger partial charge on any atom is 0.192 e. The molecule has 148 valence electrons. The Morgan fingerprint density at radius 3 is 2.12 bits per heavy atom. The van der Waals surface area contributed by atoms with Gasteiger partial charge in [0.15, 0.2) is 16.6 Å². The maximum absolute atomic E-state index is 10.7. The predicted octanol–water partition coefficient (Wildman–Crippen LogP) is 6.71. The molecule has 0 aromatic rings. The van der Waals surface area contributed by atoms with Crippen molar-refractivity contribution in [3.63, 3.8) is 0 Å². The van der Waals surface area contributed by atoms with Crippen LogP contribution in [0.2, 0.25) is 36.3 Å². The average Bonchev–Trinajstić information content (AvgIpc) is 2.34. The summed E-state index contributed by atoms with van der Waals surface area (Å²) >= 11 is 6.00. The highest BCUT2D eigenvalue weighted by atomic mass is 35.5. The third-order valence-corrected chi connectivity index (χ3v) is 14.9. The van der Waals surface area contributed by atoms with Gasteiger partial charge in [-0.05, 0) is 67.9 Å². The van der Waals surface area contributed by atoms with Gasteiger partial charge in [0.25, 0.3) is 0 Å². The molecule has 0 unspecified atom stereocenters. The van der Waals surface area contributed by atoms with Gasteiger partial charge in [0.2, 0.25) is 0 Å². The van der Waals surface area contributed by atoms with Crippen LogP contribution in [0.4, 0.5) is 0 Å². The van der Waals surface area contributed by atoms with Crippen LogP contribution >= 0.6 is 11.6 Å². The van der Waals surface area contributed by atoms with E-state index < -0.39 is 16.6 Å². The van der Waals surface area contributed by atoms with E-state index in [-0.39, 0.29) is 10.1 Å². The molecule has 1 saturated carbocycles. The number of rotatable bonds is 6. The zero-order chi connectivity index (χ0) is 19.7. The molecule has 0 spiro atoms. The van der Waals surface area contributed by atoms with Crippen LogP contribution in [0, 0.1) is 5.92 Å². The van der Waals surface area contributed by atoms with Crippen LogP contribution in [0.15, 0.2) is 11.6 Å². The van der Waals surface area contributed by atoms with Crippen molar-refractivity contribution in [2.75, 3.05) is 5.88 Å². The minimum Gasteiger partial charge on any atom is -0.432 e. The molecule has 1 N–H and O–H groups in total. The first-order valence-electron chi connectivity index (χ1n) is 9.73. The number of hydrogen-bond donors (Lipinski definition) is 1. The summed E-state index contributed by atoms with van der Waals surface area (Å²) in [5, 5.41) is 0.248. The topological polar surface area (TPSA) is 29.5 Å². The van der Waals surface area contributed by atoms with Gasteiger partial charge in [-0.1, -0.05) is 46.3 Å². The molecule has 0 amide bonds. The van der Waals surface area contributed by atoms with Crippen molar-refractivity contribution in [1.29, 1.82) is 0 Å². The van der Waals surface area contributed by atoms with E-state index in [4.69, 9.17) is 16.0 Å². The molecule has 1 aliphatic rings. The zero-order valence-electron chi connectivity index (χ0n) is 18.0. The van der Waals surface area contributed by atoms with Crippen molar-refractivity contribution in [2.24, 2.45) is 5.92 Å². The first kappa shape index (κ1) is 23.4. The Morgan fingerprint density at radius 1 is 1.12 bits per heavy atom. The number of halogens is 1. The quantitative estimate of drug-likeness (QED) is 0.302. The van der Waals surface area contributed by atoms with E-state index in [0.717, 1.165) is 25.7 Å². The van der Waals surface area contributed by atoms with E-state index in [1.54, 1.807) is 0 Å². The third kappa shape index (κ3) is 6.49. The lowest BCUT2D eigenvalue weighted by Gasteiger charge is -2.44. The summed E-state index contributed by atoms with van der Waals surface area (Å²) in [7, 11) is -3.96. The monoisotopic (exact) mass is 404 g/mol. The van der Waals surface area contributed by atoms with Crippen molar-refractivity contribution in [3.05, 3.63) is 11.6 Å². The maximum atomic E-state index is 10.7. The van der Waals surface area contributed by atoms with Gasteiger partial charge in [0.05, 0.1) is 0 Å². The Kier molecular flexibility index (Phi) is 7.66. The van der Waals surface area contributed by atoms with Crippen molar-refractivity contribution in [2.45, 2.75) is 103 Å². The molecule has 25 heavy (non-hydrogen) atoms. The molecule has 1 fully saturated rings. The minimum atomic E-state index is -2.19. The van der Waals surface area contributed by atoms with Gasteiger partial charge < -0.3 is 9.22 Å². The molecule has 0 saturated heterocycles. The van der Waals surface area contributed by atoms with Crippen LogP contribution < -0.4 is 0 Å². The highest BCUT2D eigenvalue weighted by molar-refractivity contribution is 6.74. The van der Waals surface area contributed by atoms with Crippen LogP contribution in [0.25, 0.3) is 0 Å². The van der Waals surface area contributed by atoms with E-state index in [9.17, 15) is 4.80 Å². The van der Waals surface area contributed by atoms with Gasteiger partial charge in [-0.3, -0.25) is 0 Å². The molecular weight excluding hydrogens is 364 g/mol. The molecule has 1 rings (SSSR count). The first-order valence-corrected chi connectivity index (χ1v) is 16.1. The lowest BCUT2D eigenvalue weighted by molar-refractivity contribution is 0.123. The molecule has 0 aromatic carbocycles. The molecule has 0 aromatic heterocycles. The van der Waals surface area contributed by atoms with Crippen molar-refractivity contribution >= 4 is 28.2 Å². The Labute approximate surface area is 163 Å². The smallest absolute Gasteiger partial charge is 0.192 e. The summed E-state index contributed by atoms with van der Waals surface area (Å²) in [6.45, 7) is 20.2. The highest BCUT2D eigenvalue weighted by Gasteiger charge is 2.43. The van der Waals surface area contributed by atoms with E-state index >= 15 is 0 Å². The molecular formula is C20H41ClO2Si2. The largest absolute Gasteiger partial charge is 0.432 e. The second-order valence-electron chi connectivity index (χ2n) is 10.7. The summed E-state index contributed by atoms with van der Waals surface area (Å²) in [4.78, 5) is 10.7. The van der Waals surface area contributed by atoms with Gasteiger partial charge in [-0.15, -0.1) is 11.6 Å². The SMILES string of the molecule is CC(C)(C[C@@H]1C/C(=C\CCl)C[C@@H](O[Si](C)(C)C(C)(C)C)C1)[Si](C)(C)O. The first-order chi connectivity index (χ1) is 11.1. The predicted molar refractivity (Wildman–Crippen MR) is 117 cm³/mol. The van der Waals surface area contributed by atoms with Crippen molar-refractivity contribution in [3.8, 4) is 0 Å². The summed E-state index contributed by atoms with van der Waals surface area (Å²) < 4.78 is 6.75. The van der Waals surface area contributed by atoms with Gasteiger partial charge in [0, 0.05) is 12.0 Å². The Bertz CT molecular complexity index is 435. The average molecular weight is 405 g/mol. The fraction of sp³-hybridized carbons (Fsp3) is 0.900. The lowest BCUT2D eigenvalue weighted by atomic mass is 9.79. The van der Waals surface area contributed by atoms with Crippen molar-refractivity contribution in [1.82, 2.24) is 0 Å². The number of allylic oxidation sites excluding steroid dienone is 1. The Balaban J connectivity index is 2.94. The zero-order valence-corrected chi connectivity index (χ0v) is 20.8. The molecule has 0 aliphatic heterocycles. The third-order valence-electron chi connectivity index (χ3n) is 6.73. The summed E-state index contributed by atoms with van der Waals surface area (Å²) in [6, 6.07) is 0. The minimum absolute atomic E-state index is 0.0165. The second kappa shape index (κ2) is 8.18. The molecule has 0 bridgehead atoms. The fourth-order valence-electron chi connectivity index (χ4n) is 3.37. The van der Waals surface area contributed by atoms with Crippen LogP contribution in [0.3, 0.4) is 0 Å². The molecule has 0 radical (unpaired) electrons. The van der Waals surface area contributed by atoms with Crippen LogP contribution in [-0.4, -0.2) is 33.4 Å². The van der Waals surface area contributed by atoms with E-state index in [1.165, 1.54) is 5.57 Å².